The molecule has 1 atom stereocenters. The number of nitrogens with one attached hydrogen (secondary N) is 1. The van der Waals surface area contributed by atoms with E-state index in [9.17, 15) is 9.59 Å². The highest BCUT2D eigenvalue weighted by molar-refractivity contribution is 7.13. The lowest BCUT2D eigenvalue weighted by Crippen LogP contribution is -2.44. The van der Waals surface area contributed by atoms with Crippen molar-refractivity contribution in [3.63, 3.8) is 0 Å². The molecule has 4 aromatic rings. The smallest absolute Gasteiger partial charge is 0.271 e. The molecule has 0 aliphatic rings. The molecule has 2 heterocycles. The Bertz CT molecular complexity index is 1300. The molecular weight excluding hydrogens is 446 g/mol. The van der Waals surface area contributed by atoms with Crippen LogP contribution < -0.4 is 10.2 Å². The minimum absolute atomic E-state index is 0.225. The molecular formula is C27H27N3O3S. The third kappa shape index (κ3) is 4.79. The third-order valence-corrected chi connectivity index (χ3v) is 6.85. The van der Waals surface area contributed by atoms with Gasteiger partial charge in [0.25, 0.3) is 5.91 Å². The average Bonchev–Trinajstić information content (AvgIpc) is 3.47. The van der Waals surface area contributed by atoms with Crippen LogP contribution in [0.2, 0.25) is 0 Å². The predicted molar refractivity (Wildman–Crippen MR) is 134 cm³/mol. The molecule has 0 fully saturated rings. The molecule has 4 rings (SSSR count). The number of benzene rings is 2. The van der Waals surface area contributed by atoms with E-state index in [4.69, 9.17) is 4.42 Å². The maximum absolute atomic E-state index is 14.1. The van der Waals surface area contributed by atoms with Gasteiger partial charge in [0.15, 0.2) is 0 Å². The molecule has 0 saturated heterocycles. The fraction of sp³-hybridized carbons (Fsp3) is 0.222. The van der Waals surface area contributed by atoms with Crippen molar-refractivity contribution in [2.45, 2.75) is 40.3 Å². The second kappa shape index (κ2) is 10.1. The number of anilines is 1. The number of rotatable bonds is 7. The highest BCUT2D eigenvalue weighted by Crippen LogP contribution is 2.34. The number of nitrogens with zero attached hydrogens (tertiary/aromatic N) is 2. The number of carbonyl (C=O) groups excluding carboxylic acids is 2. The Hall–Kier alpha value is -3.71. The second-order valence-corrected chi connectivity index (χ2v) is 9.36. The Morgan fingerprint density at radius 2 is 1.76 bits per heavy atom. The lowest BCUT2D eigenvalue weighted by atomic mass is 10.00. The van der Waals surface area contributed by atoms with Gasteiger partial charge in [-0.05, 0) is 62.6 Å². The average molecular weight is 474 g/mol. The van der Waals surface area contributed by atoms with Crippen molar-refractivity contribution in [2.75, 3.05) is 4.90 Å². The summed E-state index contributed by atoms with van der Waals surface area (Å²) in [5, 5.41) is 3.76. The lowest BCUT2D eigenvalue weighted by molar-refractivity contribution is -0.122. The van der Waals surface area contributed by atoms with Gasteiger partial charge >= 0.3 is 0 Å². The molecule has 0 aliphatic carbocycles. The summed E-state index contributed by atoms with van der Waals surface area (Å²) in [4.78, 5) is 34.4. The van der Waals surface area contributed by atoms with Crippen molar-refractivity contribution in [3.8, 4) is 0 Å². The standard InChI is InChI=1S/C27H27N3O3S/c1-17-10-8-14-23(18(17)2)30(27(32)25-19(3)29-20(4)34-25)24(21-11-6-5-7-12-21)26(31)28-16-22-13-9-15-33-22/h5-15,24H,16H2,1-4H3,(H,28,31)/t24-/m1/s1. The number of aryl methyl sites for hydroxylation is 3. The number of thiazole rings is 1. The van der Waals surface area contributed by atoms with Gasteiger partial charge < -0.3 is 9.73 Å². The van der Waals surface area contributed by atoms with Gasteiger partial charge in [0.2, 0.25) is 5.91 Å². The molecule has 34 heavy (non-hydrogen) atoms. The number of aromatic nitrogens is 1. The van der Waals surface area contributed by atoms with Crippen LogP contribution in [0.1, 0.15) is 48.9 Å². The first kappa shape index (κ1) is 23.4. The Morgan fingerprint density at radius 1 is 1.00 bits per heavy atom. The number of hydrogen-bond donors (Lipinski definition) is 1. The van der Waals surface area contributed by atoms with Crippen molar-refractivity contribution in [1.82, 2.24) is 10.3 Å². The molecule has 0 unspecified atom stereocenters. The largest absolute Gasteiger partial charge is 0.467 e. The molecule has 174 valence electrons. The van der Waals surface area contributed by atoms with E-state index in [1.165, 1.54) is 11.3 Å². The Kier molecular flexibility index (Phi) is 6.93. The van der Waals surface area contributed by atoms with Gasteiger partial charge in [0.05, 0.1) is 23.5 Å². The Balaban J connectivity index is 1.85. The Morgan fingerprint density at radius 3 is 2.41 bits per heavy atom. The molecule has 0 saturated carbocycles. The maximum Gasteiger partial charge on any atom is 0.271 e. The van der Waals surface area contributed by atoms with E-state index in [-0.39, 0.29) is 18.4 Å². The summed E-state index contributed by atoms with van der Waals surface area (Å²) < 4.78 is 5.38. The zero-order valence-corrected chi connectivity index (χ0v) is 20.5. The number of hydrogen-bond acceptors (Lipinski definition) is 5. The molecule has 0 aliphatic heterocycles. The molecule has 2 aromatic carbocycles. The minimum Gasteiger partial charge on any atom is -0.467 e. The second-order valence-electron chi connectivity index (χ2n) is 8.15. The predicted octanol–water partition coefficient (Wildman–Crippen LogP) is 5.67. The summed E-state index contributed by atoms with van der Waals surface area (Å²) in [6.07, 6.45) is 1.57. The van der Waals surface area contributed by atoms with Gasteiger partial charge in [-0.3, -0.25) is 14.5 Å². The maximum atomic E-state index is 14.1. The molecule has 6 nitrogen and oxygen atoms in total. The number of furan rings is 1. The van der Waals surface area contributed by atoms with Crippen LogP contribution in [-0.4, -0.2) is 16.8 Å². The molecule has 2 aromatic heterocycles. The number of carbonyl (C=O) groups is 2. The van der Waals surface area contributed by atoms with Crippen LogP contribution in [0, 0.1) is 27.7 Å². The van der Waals surface area contributed by atoms with Crippen LogP contribution in [0.15, 0.2) is 71.3 Å². The fourth-order valence-electron chi connectivity index (χ4n) is 3.94. The molecule has 0 bridgehead atoms. The van der Waals surface area contributed by atoms with Gasteiger partial charge in [-0.2, -0.15) is 0 Å². The van der Waals surface area contributed by atoms with Crippen LogP contribution in [0.4, 0.5) is 5.69 Å². The number of amides is 2. The van der Waals surface area contributed by atoms with E-state index in [1.54, 1.807) is 23.3 Å². The van der Waals surface area contributed by atoms with Crippen LogP contribution in [0.25, 0.3) is 0 Å². The van der Waals surface area contributed by atoms with E-state index in [0.29, 0.717) is 27.6 Å². The molecule has 0 radical (unpaired) electrons. The normalized spacial score (nSPS) is 11.8. The topological polar surface area (TPSA) is 75.4 Å². The van der Waals surface area contributed by atoms with Crippen LogP contribution in [-0.2, 0) is 11.3 Å². The van der Waals surface area contributed by atoms with Gasteiger partial charge in [-0.1, -0.05) is 42.5 Å². The summed E-state index contributed by atoms with van der Waals surface area (Å²) in [7, 11) is 0. The van der Waals surface area contributed by atoms with Gasteiger partial charge in [-0.15, -0.1) is 11.3 Å². The first-order valence-electron chi connectivity index (χ1n) is 11.1. The summed E-state index contributed by atoms with van der Waals surface area (Å²) in [5.74, 6) is 0.0910. The summed E-state index contributed by atoms with van der Waals surface area (Å²) in [5.41, 5.74) is 4.04. The Labute approximate surface area is 203 Å². The lowest BCUT2D eigenvalue weighted by Gasteiger charge is -2.32. The molecule has 0 spiro atoms. The van der Waals surface area contributed by atoms with E-state index in [2.05, 4.69) is 10.3 Å². The van der Waals surface area contributed by atoms with Crippen LogP contribution in [0.3, 0.4) is 0 Å². The zero-order chi connectivity index (χ0) is 24.2. The van der Waals surface area contributed by atoms with E-state index in [0.717, 1.165) is 16.1 Å². The van der Waals surface area contributed by atoms with Crippen molar-refractivity contribution in [3.05, 3.63) is 105 Å². The summed E-state index contributed by atoms with van der Waals surface area (Å²) >= 11 is 1.34. The zero-order valence-electron chi connectivity index (χ0n) is 19.7. The van der Waals surface area contributed by atoms with Crippen molar-refractivity contribution >= 4 is 28.8 Å². The van der Waals surface area contributed by atoms with E-state index in [1.807, 2.05) is 76.2 Å². The van der Waals surface area contributed by atoms with Crippen molar-refractivity contribution in [1.29, 1.82) is 0 Å². The fourth-order valence-corrected chi connectivity index (χ4v) is 4.80. The summed E-state index contributed by atoms with van der Waals surface area (Å²) in [6, 6.07) is 17.9. The van der Waals surface area contributed by atoms with E-state index >= 15 is 0 Å². The SMILES string of the molecule is Cc1nc(C)c(C(=O)N(c2cccc(C)c2C)[C@@H](C(=O)NCc2ccco2)c2ccccc2)s1. The summed E-state index contributed by atoms with van der Waals surface area (Å²) in [6.45, 7) is 7.90. The minimum atomic E-state index is -0.883. The van der Waals surface area contributed by atoms with Crippen molar-refractivity contribution in [2.24, 2.45) is 0 Å². The van der Waals surface area contributed by atoms with Crippen molar-refractivity contribution < 1.29 is 14.0 Å². The van der Waals surface area contributed by atoms with Gasteiger partial charge in [-0.25, -0.2) is 4.98 Å². The monoisotopic (exact) mass is 473 g/mol. The molecule has 7 heteroatoms. The first-order valence-corrected chi connectivity index (χ1v) is 11.9. The van der Waals surface area contributed by atoms with Crippen LogP contribution in [0.5, 0.6) is 0 Å². The highest BCUT2D eigenvalue weighted by atomic mass is 32.1. The molecule has 1 N–H and O–H groups in total. The quantitative estimate of drug-likeness (QED) is 0.375. The third-order valence-electron chi connectivity index (χ3n) is 5.79. The highest BCUT2D eigenvalue weighted by Gasteiger charge is 2.35. The molecule has 2 amide bonds. The van der Waals surface area contributed by atoms with Gasteiger partial charge in [0, 0.05) is 5.69 Å². The van der Waals surface area contributed by atoms with Crippen LogP contribution >= 0.6 is 11.3 Å². The van der Waals surface area contributed by atoms with E-state index < -0.39 is 6.04 Å². The van der Waals surface area contributed by atoms with Gasteiger partial charge in [0.1, 0.15) is 16.7 Å². The first-order chi connectivity index (χ1) is 16.4.